The maximum Gasteiger partial charge on any atom is 0.165 e. The van der Waals surface area contributed by atoms with E-state index in [4.69, 9.17) is 11.5 Å². The molecule has 1 aromatic rings. The highest BCUT2D eigenvalue weighted by atomic mass is 16.1. The number of hydrogen-bond donors (Lipinski definition) is 2. The first-order valence-corrected chi connectivity index (χ1v) is 3.90. The lowest BCUT2D eigenvalue weighted by Crippen LogP contribution is -2.12. The number of Topliss-reactive ketones (excluding diaryl/α,β-unsaturated/α-hetero) is 1. The van der Waals surface area contributed by atoms with Gasteiger partial charge in [-0.25, -0.2) is 9.97 Å². The fourth-order valence-corrected chi connectivity index (χ4v) is 1.18. The summed E-state index contributed by atoms with van der Waals surface area (Å²) in [4.78, 5) is 19.0. The van der Waals surface area contributed by atoms with E-state index in [1.807, 2.05) is 0 Å². The van der Waals surface area contributed by atoms with Crippen molar-refractivity contribution in [2.45, 2.75) is 20.4 Å². The van der Waals surface area contributed by atoms with E-state index in [1.165, 1.54) is 6.92 Å². The minimum Gasteiger partial charge on any atom is -0.383 e. The normalized spacial score (nSPS) is 10.1. The van der Waals surface area contributed by atoms with E-state index in [2.05, 4.69) is 9.97 Å². The van der Waals surface area contributed by atoms with Gasteiger partial charge in [0.05, 0.1) is 17.8 Å². The van der Waals surface area contributed by atoms with E-state index < -0.39 is 0 Å². The highest BCUT2D eigenvalue weighted by molar-refractivity contribution is 5.99. The predicted octanol–water partition coefficient (Wildman–Crippen LogP) is 0.0285. The van der Waals surface area contributed by atoms with Crippen molar-refractivity contribution in [2.24, 2.45) is 5.73 Å². The van der Waals surface area contributed by atoms with Crippen LogP contribution >= 0.6 is 0 Å². The summed E-state index contributed by atoms with van der Waals surface area (Å²) in [5, 5.41) is 0. The molecular formula is C8H12N4O. The van der Waals surface area contributed by atoms with E-state index >= 15 is 0 Å². The molecule has 4 N–H and O–H groups in total. The summed E-state index contributed by atoms with van der Waals surface area (Å²) in [6, 6.07) is 0. The summed E-state index contributed by atoms with van der Waals surface area (Å²) in [5.74, 6) is 0.541. The Labute approximate surface area is 76.2 Å². The van der Waals surface area contributed by atoms with Crippen molar-refractivity contribution in [1.82, 2.24) is 9.97 Å². The standard InChI is InChI=1S/C8H12N4O/c1-4-7(5(2)13)8(10)12-6(3-9)11-4/h3,9H2,1-2H3,(H2,10,11,12). The van der Waals surface area contributed by atoms with Crippen molar-refractivity contribution >= 4 is 11.6 Å². The Morgan fingerprint density at radius 2 is 2.08 bits per heavy atom. The summed E-state index contributed by atoms with van der Waals surface area (Å²) in [6.45, 7) is 3.38. The number of anilines is 1. The topological polar surface area (TPSA) is 94.9 Å². The molecule has 5 heteroatoms. The Balaban J connectivity index is 3.31. The van der Waals surface area contributed by atoms with Crippen molar-refractivity contribution < 1.29 is 4.79 Å². The first kappa shape index (κ1) is 9.60. The van der Waals surface area contributed by atoms with Gasteiger partial charge < -0.3 is 11.5 Å². The molecule has 0 aliphatic heterocycles. The average Bonchev–Trinajstić information content (AvgIpc) is 2.02. The summed E-state index contributed by atoms with van der Waals surface area (Å²) < 4.78 is 0. The molecule has 13 heavy (non-hydrogen) atoms. The van der Waals surface area contributed by atoms with Crippen molar-refractivity contribution in [3.63, 3.8) is 0 Å². The van der Waals surface area contributed by atoms with Crippen LogP contribution < -0.4 is 11.5 Å². The smallest absolute Gasteiger partial charge is 0.165 e. The van der Waals surface area contributed by atoms with Gasteiger partial charge in [-0.2, -0.15) is 0 Å². The Morgan fingerprint density at radius 1 is 1.46 bits per heavy atom. The minimum absolute atomic E-state index is 0.126. The average molecular weight is 180 g/mol. The highest BCUT2D eigenvalue weighted by Crippen LogP contribution is 2.13. The molecule has 1 heterocycles. The molecule has 0 unspecified atom stereocenters. The van der Waals surface area contributed by atoms with Crippen LogP contribution in [0.15, 0.2) is 0 Å². The van der Waals surface area contributed by atoms with Crippen LogP contribution in [0.2, 0.25) is 0 Å². The molecule has 70 valence electrons. The summed E-state index contributed by atoms with van der Waals surface area (Å²) >= 11 is 0. The Morgan fingerprint density at radius 3 is 2.46 bits per heavy atom. The van der Waals surface area contributed by atoms with Gasteiger partial charge in [-0.1, -0.05) is 0 Å². The van der Waals surface area contributed by atoms with Crippen LogP contribution in [0.25, 0.3) is 0 Å². The zero-order valence-corrected chi connectivity index (χ0v) is 7.66. The van der Waals surface area contributed by atoms with Crippen LogP contribution in [0.3, 0.4) is 0 Å². The van der Waals surface area contributed by atoms with Crippen molar-refractivity contribution in [2.75, 3.05) is 5.73 Å². The molecule has 0 spiro atoms. The fourth-order valence-electron chi connectivity index (χ4n) is 1.18. The van der Waals surface area contributed by atoms with Gasteiger partial charge in [0, 0.05) is 0 Å². The Hall–Kier alpha value is -1.49. The van der Waals surface area contributed by atoms with Crippen LogP contribution in [0.5, 0.6) is 0 Å². The maximum absolute atomic E-state index is 11.1. The molecule has 0 atom stereocenters. The second-order valence-corrected chi connectivity index (χ2v) is 2.75. The number of nitrogens with two attached hydrogens (primary N) is 2. The van der Waals surface area contributed by atoms with Crippen molar-refractivity contribution in [1.29, 1.82) is 0 Å². The van der Waals surface area contributed by atoms with Crippen LogP contribution in [-0.2, 0) is 6.54 Å². The van der Waals surface area contributed by atoms with E-state index in [9.17, 15) is 4.79 Å². The SMILES string of the molecule is CC(=O)c1c(C)nc(CN)nc1N. The molecular weight excluding hydrogens is 168 g/mol. The quantitative estimate of drug-likeness (QED) is 0.626. The zero-order valence-electron chi connectivity index (χ0n) is 7.66. The van der Waals surface area contributed by atoms with Gasteiger partial charge in [-0.05, 0) is 13.8 Å². The molecule has 0 saturated heterocycles. The number of hydrogen-bond acceptors (Lipinski definition) is 5. The molecule has 0 radical (unpaired) electrons. The molecule has 0 saturated carbocycles. The van der Waals surface area contributed by atoms with E-state index in [0.717, 1.165) is 0 Å². The summed E-state index contributed by atoms with van der Waals surface area (Å²) in [6.07, 6.45) is 0. The number of ketones is 1. The predicted molar refractivity (Wildman–Crippen MR) is 49.1 cm³/mol. The molecule has 0 aliphatic carbocycles. The van der Waals surface area contributed by atoms with Crippen LogP contribution in [0, 0.1) is 6.92 Å². The third-order valence-electron chi connectivity index (χ3n) is 1.70. The van der Waals surface area contributed by atoms with Gasteiger partial charge in [0.15, 0.2) is 5.78 Å². The molecule has 1 rings (SSSR count). The number of nitrogen functional groups attached to an aromatic ring is 1. The van der Waals surface area contributed by atoms with Gasteiger partial charge in [0.25, 0.3) is 0 Å². The Bertz CT molecular complexity index is 325. The van der Waals surface area contributed by atoms with Crippen LogP contribution in [0.1, 0.15) is 28.8 Å². The van der Waals surface area contributed by atoms with E-state index in [1.54, 1.807) is 6.92 Å². The molecule has 0 fully saturated rings. The lowest BCUT2D eigenvalue weighted by molar-refractivity contribution is 0.101. The second kappa shape index (κ2) is 3.49. The number of carbonyl (C=O) groups is 1. The van der Waals surface area contributed by atoms with Gasteiger partial charge in [0.2, 0.25) is 0 Å². The number of rotatable bonds is 2. The minimum atomic E-state index is -0.126. The summed E-state index contributed by atoms with van der Waals surface area (Å²) in [7, 11) is 0. The Kier molecular flexibility index (Phi) is 2.57. The lowest BCUT2D eigenvalue weighted by Gasteiger charge is -2.05. The summed E-state index contributed by atoms with van der Waals surface area (Å²) in [5.41, 5.74) is 11.9. The highest BCUT2D eigenvalue weighted by Gasteiger charge is 2.11. The van der Waals surface area contributed by atoms with Gasteiger partial charge in [0.1, 0.15) is 11.6 Å². The monoisotopic (exact) mass is 180 g/mol. The molecule has 1 aromatic heterocycles. The molecule has 5 nitrogen and oxygen atoms in total. The van der Waals surface area contributed by atoms with E-state index in [-0.39, 0.29) is 18.1 Å². The van der Waals surface area contributed by atoms with Crippen molar-refractivity contribution in [3.8, 4) is 0 Å². The number of aryl methyl sites for hydroxylation is 1. The number of nitrogens with zero attached hydrogens (tertiary/aromatic N) is 2. The molecule has 0 bridgehead atoms. The molecule has 0 aliphatic rings. The van der Waals surface area contributed by atoms with Gasteiger partial charge in [-0.3, -0.25) is 4.79 Å². The second-order valence-electron chi connectivity index (χ2n) is 2.75. The molecule has 0 aromatic carbocycles. The maximum atomic E-state index is 11.1. The number of carbonyl (C=O) groups excluding carboxylic acids is 1. The third-order valence-corrected chi connectivity index (χ3v) is 1.70. The largest absolute Gasteiger partial charge is 0.383 e. The zero-order chi connectivity index (χ0) is 10.0. The van der Waals surface area contributed by atoms with Crippen LogP contribution in [0.4, 0.5) is 5.82 Å². The van der Waals surface area contributed by atoms with E-state index in [0.29, 0.717) is 17.1 Å². The molecule has 0 amide bonds. The first-order chi connectivity index (χ1) is 6.06. The fraction of sp³-hybridized carbons (Fsp3) is 0.375. The van der Waals surface area contributed by atoms with Gasteiger partial charge in [-0.15, -0.1) is 0 Å². The van der Waals surface area contributed by atoms with Crippen molar-refractivity contribution in [3.05, 3.63) is 17.1 Å². The third kappa shape index (κ3) is 1.81. The van der Waals surface area contributed by atoms with Crippen LogP contribution in [-0.4, -0.2) is 15.8 Å². The first-order valence-electron chi connectivity index (χ1n) is 3.90. The number of aromatic nitrogens is 2. The lowest BCUT2D eigenvalue weighted by atomic mass is 10.1. The van der Waals surface area contributed by atoms with Gasteiger partial charge >= 0.3 is 0 Å².